The number of hydrogen-bond donors (Lipinski definition) is 3. The van der Waals surface area contributed by atoms with Crippen LogP contribution in [0.25, 0.3) is 11.0 Å². The molecule has 28 heavy (non-hydrogen) atoms. The number of nitrogens with one attached hydrogen (secondary N) is 2. The molecule has 0 atom stereocenters. The van der Waals surface area contributed by atoms with Crippen LogP contribution in [0, 0.1) is 0 Å². The highest BCUT2D eigenvalue weighted by atomic mass is 32.2. The maximum atomic E-state index is 12.1. The molecule has 0 unspecified atom stereocenters. The number of phenolic OH excluding ortho intramolecular Hbond substituents is 1. The van der Waals surface area contributed by atoms with Crippen LogP contribution in [0.2, 0.25) is 0 Å². The van der Waals surface area contributed by atoms with Gasteiger partial charge in [0.1, 0.15) is 5.75 Å². The second kappa shape index (κ2) is 8.66. The lowest BCUT2D eigenvalue weighted by Gasteiger charge is -2.16. The summed E-state index contributed by atoms with van der Waals surface area (Å²) in [5, 5.41) is 13.1. The van der Waals surface area contributed by atoms with Crippen LogP contribution < -0.4 is 10.0 Å². The third kappa shape index (κ3) is 4.85. The molecule has 0 saturated carbocycles. The van der Waals surface area contributed by atoms with Crippen molar-refractivity contribution in [2.45, 2.75) is 13.3 Å². The number of aromatic hydroxyl groups is 1. The molecule has 9 heteroatoms. The minimum absolute atomic E-state index is 0.0773. The van der Waals surface area contributed by atoms with Crippen LogP contribution in [0.1, 0.15) is 12.5 Å². The van der Waals surface area contributed by atoms with Crippen molar-refractivity contribution in [2.24, 2.45) is 0 Å². The first-order valence-corrected chi connectivity index (χ1v) is 11.8. The third-order valence-electron chi connectivity index (χ3n) is 4.12. The zero-order valence-corrected chi connectivity index (χ0v) is 17.3. The van der Waals surface area contributed by atoms with E-state index in [1.54, 1.807) is 36.9 Å². The zero-order valence-electron chi connectivity index (χ0n) is 15.6. The van der Waals surface area contributed by atoms with E-state index in [9.17, 15) is 13.5 Å². The van der Waals surface area contributed by atoms with Crippen LogP contribution >= 0.6 is 11.8 Å². The first-order valence-electron chi connectivity index (χ1n) is 8.77. The molecule has 0 saturated heterocycles. The molecule has 1 aromatic heterocycles. The average molecular weight is 419 g/mol. The van der Waals surface area contributed by atoms with Gasteiger partial charge in [0.05, 0.1) is 16.8 Å². The molecule has 0 amide bonds. The molecule has 7 nitrogen and oxygen atoms in total. The molecule has 3 rings (SSSR count). The Balaban J connectivity index is 2.07. The van der Waals surface area contributed by atoms with E-state index in [1.165, 1.54) is 0 Å². The topological polar surface area (TPSA) is 104 Å². The average Bonchev–Trinajstić information content (AvgIpc) is 2.67. The predicted octanol–water partition coefficient (Wildman–Crippen LogP) is 3.75. The standard InChI is InChI=1S/C19H22N4O3S2/c1-3-28(25,26)23-19-18(20-15-6-4-5-7-16(15)21-19)22-17-12-14(24)9-8-13(17)10-11-27-2/h4-9,12,24H,3,10-11H2,1-2H3,(H,20,22)(H,21,23). The first kappa shape index (κ1) is 20.2. The van der Waals surface area contributed by atoms with Gasteiger partial charge in [0.25, 0.3) is 0 Å². The van der Waals surface area contributed by atoms with E-state index in [1.807, 2.05) is 30.5 Å². The number of nitrogens with zero attached hydrogens (tertiary/aromatic N) is 2. The molecule has 0 spiro atoms. The molecular formula is C19H22N4O3S2. The van der Waals surface area contributed by atoms with E-state index >= 15 is 0 Å². The fourth-order valence-electron chi connectivity index (χ4n) is 2.62. The van der Waals surface area contributed by atoms with Crippen LogP contribution in [-0.2, 0) is 16.4 Å². The molecule has 0 aliphatic heterocycles. The van der Waals surface area contributed by atoms with Crippen molar-refractivity contribution in [1.82, 2.24) is 9.97 Å². The highest BCUT2D eigenvalue weighted by Gasteiger charge is 2.16. The van der Waals surface area contributed by atoms with E-state index in [4.69, 9.17) is 0 Å². The number of phenols is 1. The number of anilines is 3. The lowest BCUT2D eigenvalue weighted by atomic mass is 10.1. The Hall–Kier alpha value is -2.52. The summed E-state index contributed by atoms with van der Waals surface area (Å²) in [6, 6.07) is 12.3. The normalized spacial score (nSPS) is 11.5. The summed E-state index contributed by atoms with van der Waals surface area (Å²) in [4.78, 5) is 8.99. The van der Waals surface area contributed by atoms with Crippen LogP contribution in [-0.4, -0.2) is 41.3 Å². The summed E-state index contributed by atoms with van der Waals surface area (Å²) in [7, 11) is -3.53. The number of sulfonamides is 1. The molecule has 3 aromatic rings. The SMILES string of the molecule is CCS(=O)(=O)Nc1nc2ccccc2nc1Nc1cc(O)ccc1CCSC. The summed E-state index contributed by atoms with van der Waals surface area (Å²) >= 11 is 1.72. The molecule has 0 bridgehead atoms. The quantitative estimate of drug-likeness (QED) is 0.512. The highest BCUT2D eigenvalue weighted by molar-refractivity contribution is 7.98. The van der Waals surface area contributed by atoms with Gasteiger partial charge >= 0.3 is 0 Å². The number of rotatable bonds is 8. The number of hydrogen-bond acceptors (Lipinski definition) is 7. The number of thioether (sulfide) groups is 1. The third-order valence-corrected chi connectivity index (χ3v) is 6.00. The van der Waals surface area contributed by atoms with Gasteiger partial charge in [-0.15, -0.1) is 0 Å². The van der Waals surface area contributed by atoms with Crippen molar-refractivity contribution in [1.29, 1.82) is 0 Å². The van der Waals surface area contributed by atoms with Gasteiger partial charge in [-0.2, -0.15) is 11.8 Å². The van der Waals surface area contributed by atoms with Gasteiger partial charge in [-0.3, -0.25) is 4.72 Å². The number of para-hydroxylation sites is 2. The molecule has 148 valence electrons. The number of benzene rings is 2. The summed E-state index contributed by atoms with van der Waals surface area (Å²) in [5.74, 6) is 1.36. The fourth-order valence-corrected chi connectivity index (χ4v) is 3.62. The number of aromatic nitrogens is 2. The minimum Gasteiger partial charge on any atom is -0.508 e. The van der Waals surface area contributed by atoms with Gasteiger partial charge in [-0.05, 0) is 49.1 Å². The predicted molar refractivity (Wildman–Crippen MR) is 116 cm³/mol. The summed E-state index contributed by atoms with van der Waals surface area (Å²) < 4.78 is 26.7. The Morgan fingerprint density at radius 2 is 1.75 bits per heavy atom. The van der Waals surface area contributed by atoms with E-state index in [0.717, 1.165) is 17.7 Å². The van der Waals surface area contributed by atoms with Crippen LogP contribution in [0.3, 0.4) is 0 Å². The van der Waals surface area contributed by atoms with Crippen LogP contribution in [0.5, 0.6) is 5.75 Å². The maximum absolute atomic E-state index is 12.1. The first-order chi connectivity index (χ1) is 13.4. The highest BCUT2D eigenvalue weighted by Crippen LogP contribution is 2.30. The smallest absolute Gasteiger partial charge is 0.233 e. The van der Waals surface area contributed by atoms with Gasteiger partial charge in [-0.1, -0.05) is 18.2 Å². The van der Waals surface area contributed by atoms with Gasteiger partial charge in [0.15, 0.2) is 11.6 Å². The van der Waals surface area contributed by atoms with Crippen molar-refractivity contribution in [3.8, 4) is 5.75 Å². The summed E-state index contributed by atoms with van der Waals surface area (Å²) in [5.41, 5.74) is 2.87. The molecule has 0 radical (unpaired) electrons. The van der Waals surface area contributed by atoms with E-state index in [0.29, 0.717) is 16.7 Å². The molecule has 3 N–H and O–H groups in total. The molecule has 0 fully saturated rings. The van der Waals surface area contributed by atoms with E-state index in [2.05, 4.69) is 20.0 Å². The van der Waals surface area contributed by atoms with Gasteiger partial charge in [0.2, 0.25) is 10.0 Å². The van der Waals surface area contributed by atoms with Crippen molar-refractivity contribution >= 4 is 50.1 Å². The van der Waals surface area contributed by atoms with E-state index in [-0.39, 0.29) is 23.1 Å². The largest absolute Gasteiger partial charge is 0.508 e. The fraction of sp³-hybridized carbons (Fsp3) is 0.263. The van der Waals surface area contributed by atoms with Crippen molar-refractivity contribution in [3.05, 3.63) is 48.0 Å². The van der Waals surface area contributed by atoms with Crippen molar-refractivity contribution < 1.29 is 13.5 Å². The van der Waals surface area contributed by atoms with Crippen molar-refractivity contribution in [3.63, 3.8) is 0 Å². The number of fused-ring (bicyclic) bond motifs is 1. The minimum atomic E-state index is -3.53. The summed E-state index contributed by atoms with van der Waals surface area (Å²) in [6.45, 7) is 1.56. The second-order valence-electron chi connectivity index (χ2n) is 6.12. The van der Waals surface area contributed by atoms with E-state index < -0.39 is 10.0 Å². The van der Waals surface area contributed by atoms with Crippen LogP contribution in [0.4, 0.5) is 17.3 Å². The maximum Gasteiger partial charge on any atom is 0.233 e. The Morgan fingerprint density at radius 3 is 2.39 bits per heavy atom. The Kier molecular flexibility index (Phi) is 6.25. The Morgan fingerprint density at radius 1 is 1.07 bits per heavy atom. The molecule has 0 aliphatic rings. The number of aryl methyl sites for hydroxylation is 1. The monoisotopic (exact) mass is 418 g/mol. The van der Waals surface area contributed by atoms with Gasteiger partial charge < -0.3 is 10.4 Å². The Labute approximate surface area is 168 Å². The Bertz CT molecular complexity index is 1090. The zero-order chi connectivity index (χ0) is 20.1. The lowest BCUT2D eigenvalue weighted by molar-refractivity contribution is 0.475. The molecule has 0 aliphatic carbocycles. The lowest BCUT2D eigenvalue weighted by Crippen LogP contribution is -2.17. The van der Waals surface area contributed by atoms with Gasteiger partial charge in [0, 0.05) is 11.8 Å². The van der Waals surface area contributed by atoms with Crippen LogP contribution in [0.15, 0.2) is 42.5 Å². The van der Waals surface area contributed by atoms with Gasteiger partial charge in [-0.25, -0.2) is 18.4 Å². The molecule has 2 aromatic carbocycles. The van der Waals surface area contributed by atoms with Crippen molar-refractivity contribution in [2.75, 3.05) is 27.8 Å². The molecule has 1 heterocycles. The molecular weight excluding hydrogens is 396 g/mol. The second-order valence-corrected chi connectivity index (χ2v) is 9.12. The summed E-state index contributed by atoms with van der Waals surface area (Å²) in [6.07, 6.45) is 2.82.